The monoisotopic (exact) mass is 244 g/mol. The predicted octanol–water partition coefficient (Wildman–Crippen LogP) is 3.00. The van der Waals surface area contributed by atoms with E-state index in [2.05, 4.69) is 16.6 Å². The first-order valence-corrected chi connectivity index (χ1v) is 6.57. The molecule has 1 aromatic rings. The SMILES string of the molecule is CC(C)(CCSc1cccs1)C(N)=NO. The lowest BCUT2D eigenvalue weighted by atomic mass is 9.89. The molecular weight excluding hydrogens is 228 g/mol. The summed E-state index contributed by atoms with van der Waals surface area (Å²) in [4.78, 5) is 0. The summed E-state index contributed by atoms with van der Waals surface area (Å²) in [5.74, 6) is 1.28. The molecular formula is C10H16N2OS2. The molecule has 0 bridgehead atoms. The zero-order valence-corrected chi connectivity index (χ0v) is 10.6. The van der Waals surface area contributed by atoms with E-state index in [1.807, 2.05) is 31.7 Å². The van der Waals surface area contributed by atoms with Crippen LogP contribution in [0.4, 0.5) is 0 Å². The van der Waals surface area contributed by atoms with Gasteiger partial charge in [0.15, 0.2) is 0 Å². The molecule has 3 N–H and O–H groups in total. The van der Waals surface area contributed by atoms with Gasteiger partial charge in [-0.25, -0.2) is 0 Å². The van der Waals surface area contributed by atoms with Crippen LogP contribution in [0.2, 0.25) is 0 Å². The Morgan fingerprint density at radius 2 is 2.40 bits per heavy atom. The van der Waals surface area contributed by atoms with Crippen molar-refractivity contribution in [3.63, 3.8) is 0 Å². The Bertz CT molecular complexity index is 320. The molecule has 1 heterocycles. The van der Waals surface area contributed by atoms with Gasteiger partial charge >= 0.3 is 0 Å². The van der Waals surface area contributed by atoms with E-state index in [1.165, 1.54) is 4.21 Å². The summed E-state index contributed by atoms with van der Waals surface area (Å²) in [5, 5.41) is 13.7. The number of oxime groups is 1. The van der Waals surface area contributed by atoms with Gasteiger partial charge in [-0.2, -0.15) is 0 Å². The van der Waals surface area contributed by atoms with E-state index in [9.17, 15) is 0 Å². The number of nitrogens with zero attached hydrogens (tertiary/aromatic N) is 1. The molecule has 0 amide bonds. The van der Waals surface area contributed by atoms with E-state index in [-0.39, 0.29) is 5.41 Å². The van der Waals surface area contributed by atoms with Gasteiger partial charge in [0.2, 0.25) is 0 Å². The lowest BCUT2D eigenvalue weighted by molar-refractivity contribution is 0.307. The van der Waals surface area contributed by atoms with Gasteiger partial charge in [0, 0.05) is 5.41 Å². The van der Waals surface area contributed by atoms with Gasteiger partial charge in [0.1, 0.15) is 5.84 Å². The quantitative estimate of drug-likeness (QED) is 0.275. The molecule has 15 heavy (non-hydrogen) atoms. The molecule has 0 aromatic carbocycles. The number of hydrogen-bond donors (Lipinski definition) is 2. The fourth-order valence-corrected chi connectivity index (χ4v) is 3.14. The number of thioether (sulfide) groups is 1. The van der Waals surface area contributed by atoms with Crippen LogP contribution in [0.15, 0.2) is 26.9 Å². The van der Waals surface area contributed by atoms with E-state index in [4.69, 9.17) is 10.9 Å². The van der Waals surface area contributed by atoms with E-state index >= 15 is 0 Å². The van der Waals surface area contributed by atoms with Crippen molar-refractivity contribution >= 4 is 28.9 Å². The minimum atomic E-state index is -0.237. The maximum absolute atomic E-state index is 8.61. The highest BCUT2D eigenvalue weighted by Gasteiger charge is 2.23. The molecule has 0 saturated heterocycles. The van der Waals surface area contributed by atoms with Crippen molar-refractivity contribution < 1.29 is 5.21 Å². The summed E-state index contributed by atoms with van der Waals surface area (Å²) in [6.07, 6.45) is 0.894. The molecule has 1 rings (SSSR count). The minimum absolute atomic E-state index is 0.237. The Kier molecular flexibility index (Phi) is 4.47. The van der Waals surface area contributed by atoms with Crippen molar-refractivity contribution in [2.24, 2.45) is 16.3 Å². The fraction of sp³-hybridized carbons (Fsp3) is 0.500. The van der Waals surface area contributed by atoms with Crippen molar-refractivity contribution in [1.29, 1.82) is 0 Å². The Morgan fingerprint density at radius 3 is 2.93 bits per heavy atom. The lowest BCUT2D eigenvalue weighted by Gasteiger charge is -2.22. The summed E-state index contributed by atoms with van der Waals surface area (Å²) in [7, 11) is 0. The highest BCUT2D eigenvalue weighted by atomic mass is 32.2. The number of nitrogens with two attached hydrogens (primary N) is 1. The molecule has 0 spiro atoms. The van der Waals surface area contributed by atoms with Gasteiger partial charge in [-0.1, -0.05) is 25.1 Å². The predicted molar refractivity (Wildman–Crippen MR) is 66.8 cm³/mol. The van der Waals surface area contributed by atoms with Gasteiger partial charge in [-0.15, -0.1) is 23.1 Å². The smallest absolute Gasteiger partial charge is 0.144 e. The van der Waals surface area contributed by atoms with Crippen molar-refractivity contribution in [1.82, 2.24) is 0 Å². The van der Waals surface area contributed by atoms with Crippen LogP contribution >= 0.6 is 23.1 Å². The highest BCUT2D eigenvalue weighted by Crippen LogP contribution is 2.29. The van der Waals surface area contributed by atoms with Gasteiger partial charge in [-0.3, -0.25) is 0 Å². The van der Waals surface area contributed by atoms with E-state index in [0.717, 1.165) is 12.2 Å². The van der Waals surface area contributed by atoms with Gasteiger partial charge in [0.25, 0.3) is 0 Å². The third kappa shape index (κ3) is 3.76. The molecule has 0 aliphatic rings. The molecule has 0 aliphatic carbocycles. The van der Waals surface area contributed by atoms with Crippen LogP contribution < -0.4 is 5.73 Å². The number of hydrogen-bond acceptors (Lipinski definition) is 4. The summed E-state index contributed by atoms with van der Waals surface area (Å²) in [6.45, 7) is 3.97. The normalized spacial score (nSPS) is 13.1. The highest BCUT2D eigenvalue weighted by molar-refractivity contribution is 8.01. The molecule has 84 valence electrons. The zero-order chi connectivity index (χ0) is 11.3. The first-order valence-electron chi connectivity index (χ1n) is 4.70. The molecule has 0 aliphatic heterocycles. The van der Waals surface area contributed by atoms with Crippen molar-refractivity contribution in [2.75, 3.05) is 5.75 Å². The molecule has 0 atom stereocenters. The summed E-state index contributed by atoms with van der Waals surface area (Å²) in [6, 6.07) is 4.15. The lowest BCUT2D eigenvalue weighted by Crippen LogP contribution is -2.32. The van der Waals surface area contributed by atoms with Crippen molar-refractivity contribution in [3.8, 4) is 0 Å². The van der Waals surface area contributed by atoms with Crippen LogP contribution in [0.3, 0.4) is 0 Å². The average molecular weight is 244 g/mol. The maximum atomic E-state index is 8.61. The standard InChI is InChI=1S/C10H16N2OS2/c1-10(2,9(11)12-13)5-7-15-8-4-3-6-14-8/h3-4,6,13H,5,7H2,1-2H3,(H2,11,12). The Labute approximate surface area is 98.4 Å². The summed E-state index contributed by atoms with van der Waals surface area (Å²) < 4.78 is 1.31. The average Bonchev–Trinajstić information content (AvgIpc) is 2.69. The third-order valence-corrected chi connectivity index (χ3v) is 4.40. The van der Waals surface area contributed by atoms with Gasteiger partial charge in [0.05, 0.1) is 4.21 Å². The topological polar surface area (TPSA) is 58.6 Å². The minimum Gasteiger partial charge on any atom is -0.409 e. The Hall–Kier alpha value is -0.680. The van der Waals surface area contributed by atoms with Crippen LogP contribution in [0.1, 0.15) is 20.3 Å². The number of amidine groups is 1. The van der Waals surface area contributed by atoms with Crippen molar-refractivity contribution in [2.45, 2.75) is 24.5 Å². The third-order valence-electron chi connectivity index (χ3n) is 2.27. The molecule has 3 nitrogen and oxygen atoms in total. The first kappa shape index (κ1) is 12.4. The van der Waals surface area contributed by atoms with Gasteiger partial charge in [-0.05, 0) is 23.6 Å². The zero-order valence-electron chi connectivity index (χ0n) is 8.93. The first-order chi connectivity index (χ1) is 7.06. The second-order valence-electron chi connectivity index (χ2n) is 3.90. The Balaban J connectivity index is 2.37. The molecule has 5 heteroatoms. The maximum Gasteiger partial charge on any atom is 0.144 e. The number of thiophene rings is 1. The molecule has 0 fully saturated rings. The van der Waals surface area contributed by atoms with Crippen LogP contribution in [0.25, 0.3) is 0 Å². The van der Waals surface area contributed by atoms with Crippen LogP contribution in [-0.2, 0) is 0 Å². The second kappa shape index (κ2) is 5.42. The molecule has 1 aromatic heterocycles. The van der Waals surface area contributed by atoms with Gasteiger partial charge < -0.3 is 10.9 Å². The fourth-order valence-electron chi connectivity index (χ4n) is 1.02. The summed E-state index contributed by atoms with van der Waals surface area (Å²) >= 11 is 3.55. The number of rotatable bonds is 5. The molecule has 0 unspecified atom stereocenters. The van der Waals surface area contributed by atoms with E-state index in [0.29, 0.717) is 5.84 Å². The second-order valence-corrected chi connectivity index (χ2v) is 6.24. The van der Waals surface area contributed by atoms with Crippen LogP contribution in [0, 0.1) is 5.41 Å². The summed E-state index contributed by atoms with van der Waals surface area (Å²) in [5.41, 5.74) is 5.37. The van der Waals surface area contributed by atoms with E-state index in [1.54, 1.807) is 11.3 Å². The van der Waals surface area contributed by atoms with Crippen LogP contribution in [0.5, 0.6) is 0 Å². The largest absolute Gasteiger partial charge is 0.409 e. The van der Waals surface area contributed by atoms with E-state index < -0.39 is 0 Å². The van der Waals surface area contributed by atoms with Crippen LogP contribution in [-0.4, -0.2) is 16.8 Å². The molecule has 0 radical (unpaired) electrons. The molecule has 0 saturated carbocycles. The van der Waals surface area contributed by atoms with Crippen molar-refractivity contribution in [3.05, 3.63) is 17.5 Å². The Morgan fingerprint density at radius 1 is 1.67 bits per heavy atom.